The van der Waals surface area contributed by atoms with Crippen molar-refractivity contribution in [2.45, 2.75) is 23.8 Å². The Morgan fingerprint density at radius 1 is 1.13 bits per heavy atom. The highest BCUT2D eigenvalue weighted by atomic mass is 35.5. The van der Waals surface area contributed by atoms with Gasteiger partial charge in [-0.25, -0.2) is 4.21 Å². The van der Waals surface area contributed by atoms with E-state index in [0.717, 1.165) is 0 Å². The number of benzene rings is 2. The van der Waals surface area contributed by atoms with E-state index in [0.29, 0.717) is 10.6 Å². The molecule has 1 spiro atoms. The summed E-state index contributed by atoms with van der Waals surface area (Å²) in [7, 11) is 1.13. The number of carbonyl (C=O) groups excluding carboxylic acids is 2. The number of ketones is 2. The molecule has 3 unspecified atom stereocenters. The lowest BCUT2D eigenvalue weighted by molar-refractivity contribution is -0.117. The molecular weight excluding hydrogens is 428 g/mol. The Kier molecular flexibility index (Phi) is 5.20. The van der Waals surface area contributed by atoms with Gasteiger partial charge in [0.15, 0.2) is 17.1 Å². The van der Waals surface area contributed by atoms with E-state index in [-0.39, 0.29) is 45.0 Å². The summed E-state index contributed by atoms with van der Waals surface area (Å²) in [6, 6.07) is 10.1. The average molecular weight is 447 g/mol. The van der Waals surface area contributed by atoms with Crippen molar-refractivity contribution in [3.63, 3.8) is 0 Å². The third-order valence-electron chi connectivity index (χ3n) is 5.45. The van der Waals surface area contributed by atoms with Crippen molar-refractivity contribution < 1.29 is 28.0 Å². The molecule has 1 aliphatic carbocycles. The number of carbonyl (C=O) groups is 2. The maximum Gasteiger partial charge on any atom is 0.218 e. The van der Waals surface area contributed by atoms with E-state index in [1.54, 1.807) is 37.3 Å². The first-order valence-corrected chi connectivity index (χ1v) is 10.8. The molecule has 156 valence electrons. The summed E-state index contributed by atoms with van der Waals surface area (Å²) in [6.07, 6.45) is 1.42. The number of halogens is 1. The zero-order chi connectivity index (χ0) is 21.6. The molecule has 2 aromatic carbocycles. The Labute approximate surface area is 181 Å². The summed E-state index contributed by atoms with van der Waals surface area (Å²) in [6.45, 7) is 1.75. The quantitative estimate of drug-likeness (QED) is 0.707. The number of rotatable bonds is 4. The molecule has 4 rings (SSSR count). The van der Waals surface area contributed by atoms with Crippen LogP contribution in [0.5, 0.6) is 17.2 Å². The highest BCUT2D eigenvalue weighted by Gasteiger charge is 2.56. The van der Waals surface area contributed by atoms with Crippen LogP contribution in [0.1, 0.15) is 23.7 Å². The molecule has 0 radical (unpaired) electrons. The van der Waals surface area contributed by atoms with Gasteiger partial charge in [-0.2, -0.15) is 0 Å². The molecular formula is C22H19ClO6S. The highest BCUT2D eigenvalue weighted by molar-refractivity contribution is 7.90. The molecule has 2 aromatic rings. The summed E-state index contributed by atoms with van der Waals surface area (Å²) in [5.74, 6) is -0.460. The lowest BCUT2D eigenvalue weighted by Gasteiger charge is -2.34. The standard InChI is InChI=1S/C22H19ClO6S/c1-12-9-14(24)17(30(26)13-7-5-4-6-8-13)11-22(12)21(25)18-15(27-2)10-16(28-3)19(23)20(18)29-22/h4-8,10-12H,9H2,1-3H3. The van der Waals surface area contributed by atoms with E-state index >= 15 is 0 Å². The normalized spacial score (nSPS) is 23.6. The number of ether oxygens (including phenoxy) is 3. The third-order valence-corrected chi connectivity index (χ3v) is 7.25. The Morgan fingerprint density at radius 3 is 2.43 bits per heavy atom. The molecule has 0 saturated heterocycles. The minimum atomic E-state index is -1.75. The van der Waals surface area contributed by atoms with Crippen LogP contribution in [0.3, 0.4) is 0 Å². The molecule has 0 fully saturated rings. The van der Waals surface area contributed by atoms with E-state index < -0.39 is 22.3 Å². The van der Waals surface area contributed by atoms with Crippen molar-refractivity contribution in [3.05, 3.63) is 58.0 Å². The second-order valence-electron chi connectivity index (χ2n) is 7.14. The van der Waals surface area contributed by atoms with E-state index in [9.17, 15) is 13.8 Å². The zero-order valence-electron chi connectivity index (χ0n) is 16.6. The fraction of sp³-hybridized carbons (Fsp3) is 0.273. The molecule has 8 heteroatoms. The first-order chi connectivity index (χ1) is 14.3. The molecule has 0 bridgehead atoms. The molecule has 3 atom stereocenters. The van der Waals surface area contributed by atoms with Gasteiger partial charge >= 0.3 is 0 Å². The fourth-order valence-corrected chi connectivity index (χ4v) is 5.31. The predicted molar refractivity (Wildman–Crippen MR) is 112 cm³/mol. The number of hydrogen-bond donors (Lipinski definition) is 0. The maximum absolute atomic E-state index is 13.6. The number of hydrogen-bond acceptors (Lipinski definition) is 6. The van der Waals surface area contributed by atoms with E-state index in [4.69, 9.17) is 25.8 Å². The van der Waals surface area contributed by atoms with E-state index in [1.807, 2.05) is 0 Å². The van der Waals surface area contributed by atoms with Crippen LogP contribution in [-0.4, -0.2) is 35.6 Å². The zero-order valence-corrected chi connectivity index (χ0v) is 18.1. The van der Waals surface area contributed by atoms with Gasteiger partial charge in [-0.1, -0.05) is 36.7 Å². The molecule has 0 amide bonds. The maximum atomic E-state index is 13.6. The summed E-state index contributed by atoms with van der Waals surface area (Å²) < 4.78 is 29.9. The van der Waals surface area contributed by atoms with Crippen LogP contribution in [0.15, 0.2) is 52.3 Å². The Balaban J connectivity index is 1.88. The third kappa shape index (κ3) is 2.96. The van der Waals surface area contributed by atoms with E-state index in [1.165, 1.54) is 26.4 Å². The minimum Gasteiger partial charge on any atom is -0.496 e. The minimum absolute atomic E-state index is 0.0151. The molecule has 30 heavy (non-hydrogen) atoms. The number of fused-ring (bicyclic) bond motifs is 1. The van der Waals surface area contributed by atoms with Crippen LogP contribution in [0, 0.1) is 5.92 Å². The van der Waals surface area contributed by atoms with Gasteiger partial charge in [0.1, 0.15) is 22.1 Å². The van der Waals surface area contributed by atoms with Crippen LogP contribution in [-0.2, 0) is 15.6 Å². The SMILES string of the molecule is COc1cc(OC)c2c(c1Cl)OC1(C=C(S(=O)c3ccccc3)C(=O)CC1C)C2=O. The Bertz CT molecular complexity index is 1110. The summed E-state index contributed by atoms with van der Waals surface area (Å²) in [5.41, 5.74) is -1.31. The molecule has 0 aromatic heterocycles. The molecule has 0 N–H and O–H groups in total. The topological polar surface area (TPSA) is 78.9 Å². The van der Waals surface area contributed by atoms with Gasteiger partial charge in [-0.3, -0.25) is 9.59 Å². The van der Waals surface area contributed by atoms with Crippen molar-refractivity contribution >= 4 is 34.0 Å². The van der Waals surface area contributed by atoms with Crippen LogP contribution in [0.4, 0.5) is 0 Å². The summed E-state index contributed by atoms with van der Waals surface area (Å²) in [5, 5.41) is 0.141. The largest absolute Gasteiger partial charge is 0.496 e. The van der Waals surface area contributed by atoms with Gasteiger partial charge < -0.3 is 14.2 Å². The van der Waals surface area contributed by atoms with Crippen molar-refractivity contribution in [2.24, 2.45) is 5.92 Å². The van der Waals surface area contributed by atoms with Gasteiger partial charge in [0.05, 0.1) is 29.9 Å². The number of methoxy groups -OCH3 is 2. The van der Waals surface area contributed by atoms with Gasteiger partial charge in [0, 0.05) is 23.3 Å². The smallest absolute Gasteiger partial charge is 0.218 e. The molecule has 6 nitrogen and oxygen atoms in total. The van der Waals surface area contributed by atoms with Gasteiger partial charge in [0.2, 0.25) is 5.78 Å². The monoisotopic (exact) mass is 446 g/mol. The van der Waals surface area contributed by atoms with Crippen LogP contribution in [0.25, 0.3) is 0 Å². The van der Waals surface area contributed by atoms with E-state index in [2.05, 4.69) is 0 Å². The van der Waals surface area contributed by atoms with Crippen LogP contribution in [0.2, 0.25) is 5.02 Å². The van der Waals surface area contributed by atoms with Crippen molar-refractivity contribution in [1.29, 1.82) is 0 Å². The molecule has 1 heterocycles. The summed E-state index contributed by atoms with van der Waals surface area (Å²) in [4.78, 5) is 26.8. The predicted octanol–water partition coefficient (Wildman–Crippen LogP) is 3.97. The Morgan fingerprint density at radius 2 is 1.80 bits per heavy atom. The van der Waals surface area contributed by atoms with Gasteiger partial charge in [-0.05, 0) is 18.2 Å². The number of Topliss-reactive ketones (excluding diaryl/α,β-unsaturated/α-hetero) is 2. The molecule has 2 aliphatic rings. The van der Waals surface area contributed by atoms with Crippen molar-refractivity contribution in [3.8, 4) is 17.2 Å². The second-order valence-corrected chi connectivity index (χ2v) is 8.97. The number of allylic oxidation sites excluding steroid dienone is 1. The average Bonchev–Trinajstić information content (AvgIpc) is 3.05. The first kappa shape index (κ1) is 20.6. The van der Waals surface area contributed by atoms with Crippen molar-refractivity contribution in [1.82, 2.24) is 0 Å². The second kappa shape index (κ2) is 7.56. The first-order valence-electron chi connectivity index (χ1n) is 9.25. The molecule has 0 saturated carbocycles. The summed E-state index contributed by atoms with van der Waals surface area (Å²) >= 11 is 6.42. The lowest BCUT2D eigenvalue weighted by Crippen LogP contribution is -2.48. The van der Waals surface area contributed by atoms with Gasteiger partial charge in [0.25, 0.3) is 0 Å². The lowest BCUT2D eigenvalue weighted by atomic mass is 9.77. The van der Waals surface area contributed by atoms with Crippen LogP contribution >= 0.6 is 11.6 Å². The Hall–Kier alpha value is -2.64. The molecule has 1 aliphatic heterocycles. The fourth-order valence-electron chi connectivity index (χ4n) is 3.81. The highest BCUT2D eigenvalue weighted by Crippen LogP contribution is 2.53. The van der Waals surface area contributed by atoms with Gasteiger partial charge in [-0.15, -0.1) is 0 Å². The van der Waals surface area contributed by atoms with Crippen molar-refractivity contribution in [2.75, 3.05) is 14.2 Å². The van der Waals surface area contributed by atoms with Crippen LogP contribution < -0.4 is 14.2 Å².